The molecule has 0 unspecified atom stereocenters. The lowest BCUT2D eigenvalue weighted by atomic mass is 10.1. The van der Waals surface area contributed by atoms with Crippen LogP contribution in [-0.4, -0.2) is 21.9 Å². The van der Waals surface area contributed by atoms with E-state index in [9.17, 15) is 9.00 Å². The molecule has 1 amide bonds. The average molecular weight is 251 g/mol. The Kier molecular flexibility index (Phi) is 4.31. The molecule has 0 saturated carbocycles. The van der Waals surface area contributed by atoms with Gasteiger partial charge in [-0.1, -0.05) is 31.0 Å². The van der Waals surface area contributed by atoms with E-state index in [4.69, 9.17) is 0 Å². The van der Waals surface area contributed by atoms with E-state index in [0.29, 0.717) is 13.0 Å². The first kappa shape index (κ1) is 12.3. The van der Waals surface area contributed by atoms with Gasteiger partial charge in [0, 0.05) is 11.4 Å². The maximum atomic E-state index is 12.3. The van der Waals surface area contributed by atoms with E-state index in [1.54, 1.807) is 0 Å². The van der Waals surface area contributed by atoms with Gasteiger partial charge in [0.05, 0.1) is 10.8 Å². The van der Waals surface area contributed by atoms with Gasteiger partial charge < -0.3 is 5.32 Å². The van der Waals surface area contributed by atoms with Crippen LogP contribution in [0.5, 0.6) is 0 Å². The molecule has 0 aliphatic carbocycles. The molecule has 2 atom stereocenters. The first-order chi connectivity index (χ1) is 8.29. The third-order valence-electron chi connectivity index (χ3n) is 2.97. The summed E-state index contributed by atoms with van der Waals surface area (Å²) in [6.07, 6.45) is 3.82. The predicted octanol–water partition coefficient (Wildman–Crippen LogP) is 1.85. The van der Waals surface area contributed by atoms with Crippen LogP contribution in [0.25, 0.3) is 0 Å². The maximum Gasteiger partial charge on any atom is 0.236 e. The van der Waals surface area contributed by atoms with Crippen LogP contribution in [0.1, 0.15) is 25.7 Å². The highest BCUT2D eigenvalue weighted by molar-refractivity contribution is 7.86. The molecule has 92 valence electrons. The molecule has 1 saturated heterocycles. The standard InChI is InChI=1S/C13H17NO2S/c15-13-12(9-5-2-6-10-14-13)17(16)11-7-3-1-4-8-11/h1,3-4,7-8,12H,2,5-6,9-10H2,(H,14,15)/t12-,17-/m0/s1. The minimum atomic E-state index is -1.23. The second-order valence-corrected chi connectivity index (χ2v) is 5.87. The smallest absolute Gasteiger partial charge is 0.236 e. The number of rotatable bonds is 2. The molecule has 3 nitrogen and oxygen atoms in total. The molecule has 17 heavy (non-hydrogen) atoms. The van der Waals surface area contributed by atoms with E-state index in [-0.39, 0.29) is 5.91 Å². The Balaban J connectivity index is 2.13. The highest BCUT2D eigenvalue weighted by Gasteiger charge is 2.26. The quantitative estimate of drug-likeness (QED) is 0.872. The Morgan fingerprint density at radius 1 is 1.12 bits per heavy atom. The van der Waals surface area contributed by atoms with Crippen LogP contribution in [-0.2, 0) is 15.6 Å². The lowest BCUT2D eigenvalue weighted by molar-refractivity contribution is -0.120. The van der Waals surface area contributed by atoms with Crippen molar-refractivity contribution in [2.75, 3.05) is 6.54 Å². The lowest BCUT2D eigenvalue weighted by Crippen LogP contribution is -2.39. The molecule has 0 radical (unpaired) electrons. The first-order valence-electron chi connectivity index (χ1n) is 6.02. The van der Waals surface area contributed by atoms with Crippen LogP contribution in [0.15, 0.2) is 35.2 Å². The number of amides is 1. The van der Waals surface area contributed by atoms with Gasteiger partial charge in [0.15, 0.2) is 0 Å². The normalized spacial score (nSPS) is 23.3. The van der Waals surface area contributed by atoms with Crippen LogP contribution in [0.4, 0.5) is 0 Å². The van der Waals surface area contributed by atoms with Crippen molar-refractivity contribution in [2.45, 2.75) is 35.8 Å². The SMILES string of the molecule is O=C1NCCCCC[C@@H]1[S@@](=O)c1ccccc1. The molecule has 4 heteroatoms. The summed E-state index contributed by atoms with van der Waals surface area (Å²) in [6.45, 7) is 0.710. The van der Waals surface area contributed by atoms with E-state index in [2.05, 4.69) is 5.32 Å². The Morgan fingerprint density at radius 3 is 2.65 bits per heavy atom. The average Bonchev–Trinajstić information content (AvgIpc) is 2.35. The molecule has 1 heterocycles. The molecule has 0 aromatic heterocycles. The zero-order valence-electron chi connectivity index (χ0n) is 9.72. The first-order valence-corrected chi connectivity index (χ1v) is 7.23. The lowest BCUT2D eigenvalue weighted by Gasteiger charge is -2.19. The van der Waals surface area contributed by atoms with Crippen molar-refractivity contribution in [3.8, 4) is 0 Å². The molecule has 0 spiro atoms. The summed E-state index contributed by atoms with van der Waals surface area (Å²) in [6, 6.07) is 9.24. The summed E-state index contributed by atoms with van der Waals surface area (Å²) < 4.78 is 12.3. The van der Waals surface area contributed by atoms with Crippen molar-refractivity contribution in [2.24, 2.45) is 0 Å². The molecule has 1 N–H and O–H groups in total. The van der Waals surface area contributed by atoms with Crippen molar-refractivity contribution >= 4 is 16.7 Å². The van der Waals surface area contributed by atoms with Crippen molar-refractivity contribution in [3.63, 3.8) is 0 Å². The van der Waals surface area contributed by atoms with Crippen molar-refractivity contribution in [1.82, 2.24) is 5.32 Å². The molecule has 0 bridgehead atoms. The van der Waals surface area contributed by atoms with Crippen LogP contribution in [0.3, 0.4) is 0 Å². The van der Waals surface area contributed by atoms with Gasteiger partial charge in [-0.25, -0.2) is 0 Å². The van der Waals surface area contributed by atoms with Gasteiger partial charge in [-0.2, -0.15) is 0 Å². The van der Waals surface area contributed by atoms with Gasteiger partial charge in [-0.05, 0) is 25.0 Å². The third kappa shape index (κ3) is 3.16. The monoisotopic (exact) mass is 251 g/mol. The number of nitrogens with one attached hydrogen (secondary N) is 1. The van der Waals surface area contributed by atoms with E-state index in [1.807, 2.05) is 30.3 Å². The summed E-state index contributed by atoms with van der Waals surface area (Å²) in [5, 5.41) is 2.46. The number of hydrogen-bond donors (Lipinski definition) is 1. The second-order valence-electron chi connectivity index (χ2n) is 4.24. The Labute approximate surface area is 104 Å². The van der Waals surface area contributed by atoms with Gasteiger partial charge in [0.2, 0.25) is 5.91 Å². The maximum absolute atomic E-state index is 12.3. The fraction of sp³-hybridized carbons (Fsp3) is 0.462. The predicted molar refractivity (Wildman–Crippen MR) is 68.1 cm³/mol. The van der Waals surface area contributed by atoms with Gasteiger partial charge in [-0.3, -0.25) is 9.00 Å². The van der Waals surface area contributed by atoms with Crippen LogP contribution in [0, 0.1) is 0 Å². The Hall–Kier alpha value is -1.16. The number of benzene rings is 1. The summed E-state index contributed by atoms with van der Waals surface area (Å²) in [4.78, 5) is 12.6. The van der Waals surface area contributed by atoms with Crippen molar-refractivity contribution in [3.05, 3.63) is 30.3 Å². The molecule has 1 aromatic carbocycles. The van der Waals surface area contributed by atoms with Crippen LogP contribution in [0.2, 0.25) is 0 Å². The molecule has 1 fully saturated rings. The largest absolute Gasteiger partial charge is 0.355 e. The van der Waals surface area contributed by atoms with Gasteiger partial charge in [-0.15, -0.1) is 0 Å². The minimum absolute atomic E-state index is 0.0631. The highest BCUT2D eigenvalue weighted by Crippen LogP contribution is 2.18. The summed E-state index contributed by atoms with van der Waals surface area (Å²) >= 11 is 0. The van der Waals surface area contributed by atoms with Crippen molar-refractivity contribution < 1.29 is 9.00 Å². The van der Waals surface area contributed by atoms with Gasteiger partial charge >= 0.3 is 0 Å². The second kappa shape index (κ2) is 5.96. The topological polar surface area (TPSA) is 46.2 Å². The van der Waals surface area contributed by atoms with Gasteiger partial charge in [0.1, 0.15) is 5.25 Å². The molecule has 1 aliphatic heterocycles. The molecular formula is C13H17NO2S. The number of hydrogen-bond acceptors (Lipinski definition) is 2. The minimum Gasteiger partial charge on any atom is -0.355 e. The van der Waals surface area contributed by atoms with E-state index in [1.165, 1.54) is 0 Å². The van der Waals surface area contributed by atoms with Gasteiger partial charge in [0.25, 0.3) is 0 Å². The Bertz CT molecular complexity index is 405. The van der Waals surface area contributed by atoms with Crippen LogP contribution >= 0.6 is 0 Å². The van der Waals surface area contributed by atoms with Crippen LogP contribution < -0.4 is 5.32 Å². The summed E-state index contributed by atoms with van der Waals surface area (Å²) in [5.41, 5.74) is 0. The molecule has 1 aliphatic rings. The molecule has 2 rings (SSSR count). The molecular weight excluding hydrogens is 234 g/mol. The zero-order valence-corrected chi connectivity index (χ0v) is 10.5. The third-order valence-corrected chi connectivity index (χ3v) is 4.67. The fourth-order valence-corrected chi connectivity index (χ4v) is 3.42. The zero-order chi connectivity index (χ0) is 12.1. The van der Waals surface area contributed by atoms with Crippen molar-refractivity contribution in [1.29, 1.82) is 0 Å². The molecule has 1 aromatic rings. The fourth-order valence-electron chi connectivity index (χ4n) is 2.01. The number of carbonyl (C=O) groups is 1. The van der Waals surface area contributed by atoms with E-state index in [0.717, 1.165) is 24.2 Å². The summed E-state index contributed by atoms with van der Waals surface area (Å²) in [5.74, 6) is -0.0631. The highest BCUT2D eigenvalue weighted by atomic mass is 32.2. The summed E-state index contributed by atoms with van der Waals surface area (Å²) in [7, 11) is -1.23. The number of carbonyl (C=O) groups excluding carboxylic acids is 1. The van der Waals surface area contributed by atoms with E-state index >= 15 is 0 Å². The Morgan fingerprint density at radius 2 is 1.88 bits per heavy atom. The van der Waals surface area contributed by atoms with E-state index < -0.39 is 16.0 Å².